The minimum Gasteiger partial charge on any atom is -0.480 e. The highest BCUT2D eigenvalue weighted by Crippen LogP contribution is 2.23. The highest BCUT2D eigenvalue weighted by atomic mass is 16.4. The molecule has 0 aromatic carbocycles. The molecule has 0 aliphatic rings. The van der Waals surface area contributed by atoms with Gasteiger partial charge >= 0.3 is 5.97 Å². The summed E-state index contributed by atoms with van der Waals surface area (Å²) in [5.41, 5.74) is 1.84. The largest absolute Gasteiger partial charge is 0.480 e. The zero-order valence-corrected chi connectivity index (χ0v) is 14.6. The number of nitrogens with zero attached hydrogens (tertiary/aromatic N) is 4. The number of carboxylic acid groups (broad SMARTS) is 1. The molecule has 0 saturated carbocycles. The number of amides is 1. The first-order valence-corrected chi connectivity index (χ1v) is 8.24. The first-order valence-electron chi connectivity index (χ1n) is 8.24. The molecule has 2 aromatic heterocycles. The van der Waals surface area contributed by atoms with Gasteiger partial charge in [0.15, 0.2) is 5.65 Å². The number of carbonyl (C=O) groups excluding carboxylic acids is 1. The molecule has 1 N–H and O–H groups in total. The number of carbonyl (C=O) groups is 2. The van der Waals surface area contributed by atoms with Crippen LogP contribution < -0.4 is 0 Å². The molecule has 7 heteroatoms. The zero-order valence-electron chi connectivity index (χ0n) is 14.6. The highest BCUT2D eigenvalue weighted by molar-refractivity contribution is 6.06. The molecule has 1 atom stereocenters. The van der Waals surface area contributed by atoms with Crippen molar-refractivity contribution in [3.8, 4) is 0 Å². The van der Waals surface area contributed by atoms with Gasteiger partial charge in [-0.3, -0.25) is 9.59 Å². The fraction of sp³-hybridized carbons (Fsp3) is 0.529. The second-order valence-electron chi connectivity index (χ2n) is 6.02. The third-order valence-corrected chi connectivity index (χ3v) is 4.04. The van der Waals surface area contributed by atoms with Crippen LogP contribution in [0.4, 0.5) is 0 Å². The number of aliphatic carboxylic acids is 1. The van der Waals surface area contributed by atoms with E-state index < -0.39 is 5.97 Å². The van der Waals surface area contributed by atoms with Crippen molar-refractivity contribution in [1.29, 1.82) is 0 Å². The molecule has 1 unspecified atom stereocenters. The zero-order chi connectivity index (χ0) is 17.9. The summed E-state index contributed by atoms with van der Waals surface area (Å²) in [5.74, 6) is -1.31. The maximum absolute atomic E-state index is 12.9. The Balaban J connectivity index is 2.52. The van der Waals surface area contributed by atoms with Crippen LogP contribution in [-0.2, 0) is 4.79 Å². The van der Waals surface area contributed by atoms with Gasteiger partial charge in [0.25, 0.3) is 5.91 Å². The molecular weight excluding hydrogens is 308 g/mol. The standard InChI is InChI=1S/C17H24N4O3/c1-5-7-20(10-15(22)23)17(24)13-8-11(3)19-16-14(13)9-18-21(16)12(4)6-2/h8-9,12H,5-7,10H2,1-4H3,(H,22,23). The summed E-state index contributed by atoms with van der Waals surface area (Å²) in [6.07, 6.45) is 3.24. The van der Waals surface area contributed by atoms with Gasteiger partial charge in [-0.2, -0.15) is 5.10 Å². The third-order valence-electron chi connectivity index (χ3n) is 4.04. The topological polar surface area (TPSA) is 88.3 Å². The monoisotopic (exact) mass is 332 g/mol. The van der Waals surface area contributed by atoms with Crippen molar-refractivity contribution in [3.63, 3.8) is 0 Å². The fourth-order valence-electron chi connectivity index (χ4n) is 2.67. The van der Waals surface area contributed by atoms with E-state index in [9.17, 15) is 9.59 Å². The van der Waals surface area contributed by atoms with Crippen molar-refractivity contribution in [2.24, 2.45) is 0 Å². The lowest BCUT2D eigenvalue weighted by molar-refractivity contribution is -0.137. The van der Waals surface area contributed by atoms with Crippen LogP contribution in [-0.4, -0.2) is 49.7 Å². The van der Waals surface area contributed by atoms with E-state index in [-0.39, 0.29) is 18.5 Å². The smallest absolute Gasteiger partial charge is 0.323 e. The molecular formula is C17H24N4O3. The molecule has 0 aliphatic heterocycles. The summed E-state index contributed by atoms with van der Waals surface area (Å²) < 4.78 is 1.82. The molecule has 24 heavy (non-hydrogen) atoms. The lowest BCUT2D eigenvalue weighted by Gasteiger charge is -2.20. The number of rotatable bonds is 7. The summed E-state index contributed by atoms with van der Waals surface area (Å²) >= 11 is 0. The number of hydrogen-bond acceptors (Lipinski definition) is 4. The Morgan fingerprint density at radius 3 is 2.67 bits per heavy atom. The van der Waals surface area contributed by atoms with Crippen LogP contribution in [0.5, 0.6) is 0 Å². The van der Waals surface area contributed by atoms with Gasteiger partial charge < -0.3 is 10.0 Å². The van der Waals surface area contributed by atoms with E-state index in [1.165, 1.54) is 4.90 Å². The Labute approximate surface area is 141 Å². The molecule has 0 radical (unpaired) electrons. The fourth-order valence-corrected chi connectivity index (χ4v) is 2.67. The molecule has 1 amide bonds. The van der Waals surface area contributed by atoms with E-state index in [0.29, 0.717) is 35.3 Å². The van der Waals surface area contributed by atoms with Gasteiger partial charge in [-0.05, 0) is 32.8 Å². The van der Waals surface area contributed by atoms with Gasteiger partial charge in [0.05, 0.1) is 23.2 Å². The van der Waals surface area contributed by atoms with Crippen molar-refractivity contribution in [1.82, 2.24) is 19.7 Å². The maximum Gasteiger partial charge on any atom is 0.323 e. The van der Waals surface area contributed by atoms with Crippen LogP contribution in [0.2, 0.25) is 0 Å². The molecule has 0 saturated heterocycles. The predicted molar refractivity (Wildman–Crippen MR) is 91.1 cm³/mol. The molecule has 2 aromatic rings. The number of pyridine rings is 1. The van der Waals surface area contributed by atoms with E-state index in [4.69, 9.17) is 5.11 Å². The van der Waals surface area contributed by atoms with Crippen molar-refractivity contribution < 1.29 is 14.7 Å². The maximum atomic E-state index is 12.9. The Kier molecular flexibility index (Phi) is 5.54. The summed E-state index contributed by atoms with van der Waals surface area (Å²) in [4.78, 5) is 29.8. The van der Waals surface area contributed by atoms with E-state index in [1.807, 2.05) is 25.5 Å². The van der Waals surface area contributed by atoms with Crippen LogP contribution in [0.3, 0.4) is 0 Å². The third kappa shape index (κ3) is 3.55. The van der Waals surface area contributed by atoms with E-state index in [2.05, 4.69) is 17.0 Å². The Hall–Kier alpha value is -2.44. The van der Waals surface area contributed by atoms with E-state index >= 15 is 0 Å². The minimum atomic E-state index is -1.02. The number of aromatic nitrogens is 3. The summed E-state index contributed by atoms with van der Waals surface area (Å²) in [6.45, 7) is 7.94. The summed E-state index contributed by atoms with van der Waals surface area (Å²) in [7, 11) is 0. The normalized spacial score (nSPS) is 12.3. The van der Waals surface area contributed by atoms with Crippen molar-refractivity contribution in [3.05, 3.63) is 23.5 Å². The SMILES string of the molecule is CCCN(CC(=O)O)C(=O)c1cc(C)nc2c1cnn2C(C)CC. The molecule has 0 aliphatic carbocycles. The average Bonchev–Trinajstić information content (AvgIpc) is 2.95. The minimum absolute atomic E-state index is 0.172. The van der Waals surface area contributed by atoms with Gasteiger partial charge in [-0.15, -0.1) is 0 Å². The van der Waals surface area contributed by atoms with E-state index in [1.54, 1.807) is 12.3 Å². The second kappa shape index (κ2) is 7.42. The van der Waals surface area contributed by atoms with Crippen LogP contribution in [0, 0.1) is 6.92 Å². The molecule has 0 bridgehead atoms. The molecule has 7 nitrogen and oxygen atoms in total. The van der Waals surface area contributed by atoms with Gasteiger partial charge in [0, 0.05) is 12.2 Å². The number of fused-ring (bicyclic) bond motifs is 1. The second-order valence-corrected chi connectivity index (χ2v) is 6.02. The van der Waals surface area contributed by atoms with Crippen molar-refractivity contribution in [2.75, 3.05) is 13.1 Å². The van der Waals surface area contributed by atoms with Gasteiger partial charge in [0.1, 0.15) is 6.54 Å². The quantitative estimate of drug-likeness (QED) is 0.842. The number of aryl methyl sites for hydroxylation is 1. The van der Waals surface area contributed by atoms with Crippen molar-refractivity contribution >= 4 is 22.9 Å². The van der Waals surface area contributed by atoms with E-state index in [0.717, 1.165) is 6.42 Å². The summed E-state index contributed by atoms with van der Waals surface area (Å²) in [5, 5.41) is 14.1. The highest BCUT2D eigenvalue weighted by Gasteiger charge is 2.23. The predicted octanol–water partition coefficient (Wildman–Crippen LogP) is 2.65. The Bertz CT molecular complexity index is 754. The number of hydrogen-bond donors (Lipinski definition) is 1. The average molecular weight is 332 g/mol. The molecule has 2 rings (SSSR count). The first-order chi connectivity index (χ1) is 11.4. The van der Waals surface area contributed by atoms with Gasteiger partial charge in [-0.25, -0.2) is 9.67 Å². The van der Waals surface area contributed by atoms with Gasteiger partial charge in [0.2, 0.25) is 0 Å². The summed E-state index contributed by atoms with van der Waals surface area (Å²) in [6, 6.07) is 1.88. The van der Waals surface area contributed by atoms with Crippen LogP contribution >= 0.6 is 0 Å². The molecule has 130 valence electrons. The van der Waals surface area contributed by atoms with Crippen LogP contribution in [0.1, 0.15) is 55.7 Å². The van der Waals surface area contributed by atoms with Crippen LogP contribution in [0.25, 0.3) is 11.0 Å². The van der Waals surface area contributed by atoms with Crippen molar-refractivity contribution in [2.45, 2.75) is 46.6 Å². The van der Waals surface area contributed by atoms with Crippen LogP contribution in [0.15, 0.2) is 12.3 Å². The number of carboxylic acids is 1. The lowest BCUT2D eigenvalue weighted by Crippen LogP contribution is -2.36. The molecule has 0 fully saturated rings. The Morgan fingerprint density at radius 1 is 1.38 bits per heavy atom. The molecule has 0 spiro atoms. The Morgan fingerprint density at radius 2 is 2.08 bits per heavy atom. The lowest BCUT2D eigenvalue weighted by atomic mass is 10.1. The first kappa shape index (κ1) is 17.9. The van der Waals surface area contributed by atoms with Gasteiger partial charge in [-0.1, -0.05) is 13.8 Å². The molecule has 2 heterocycles.